The van der Waals surface area contributed by atoms with Crippen molar-refractivity contribution in [1.82, 2.24) is 0 Å². The number of halogens is 1. The maximum atomic E-state index is 11.3. The summed E-state index contributed by atoms with van der Waals surface area (Å²) in [4.78, 5) is 11.3. The number of aryl methyl sites for hydroxylation is 1. The van der Waals surface area contributed by atoms with E-state index >= 15 is 0 Å². The molecule has 2 rings (SSSR count). The van der Waals surface area contributed by atoms with Crippen LogP contribution in [-0.2, 0) is 17.6 Å². The van der Waals surface area contributed by atoms with Crippen LogP contribution in [0.5, 0.6) is 5.75 Å². The van der Waals surface area contributed by atoms with Gasteiger partial charge in [-0.15, -0.1) is 0 Å². The fraction of sp³-hybridized carbons (Fsp3) is 0.500. The van der Waals surface area contributed by atoms with Gasteiger partial charge in [0.25, 0.3) is 5.24 Å². The molecule has 17 heavy (non-hydrogen) atoms. The lowest BCUT2D eigenvalue weighted by Gasteiger charge is -2.26. The quantitative estimate of drug-likeness (QED) is 0.770. The first kappa shape index (κ1) is 12.4. The molecular weight excluding hydrogens is 236 g/mol. The number of carbonyl (C=O) groups excluding carboxylic acids is 1. The van der Waals surface area contributed by atoms with E-state index in [9.17, 15) is 4.79 Å². The topological polar surface area (TPSA) is 26.3 Å². The Bertz CT molecular complexity index is 438. The number of ether oxygens (including phenoxy) is 1. The molecule has 1 aromatic rings. The van der Waals surface area contributed by atoms with Crippen molar-refractivity contribution in [1.29, 1.82) is 0 Å². The van der Waals surface area contributed by atoms with Crippen molar-refractivity contribution in [3.63, 3.8) is 0 Å². The summed E-state index contributed by atoms with van der Waals surface area (Å²) in [5.41, 5.74) is 1.62. The predicted octanol–water partition coefficient (Wildman–Crippen LogP) is 3.49. The van der Waals surface area contributed by atoms with Gasteiger partial charge in [-0.1, -0.05) is 12.1 Å². The van der Waals surface area contributed by atoms with E-state index in [2.05, 4.69) is 6.07 Å². The number of benzene rings is 1. The van der Waals surface area contributed by atoms with Crippen LogP contribution in [-0.4, -0.2) is 10.8 Å². The van der Waals surface area contributed by atoms with Crippen molar-refractivity contribution >= 4 is 16.8 Å². The summed E-state index contributed by atoms with van der Waals surface area (Å²) in [5.74, 6) is 0.807. The molecule has 0 aromatic heterocycles. The summed E-state index contributed by atoms with van der Waals surface area (Å²) < 4.78 is 5.78. The highest BCUT2D eigenvalue weighted by molar-refractivity contribution is 6.65. The Kier molecular flexibility index (Phi) is 3.43. The zero-order chi connectivity index (χ0) is 12.5. The minimum atomic E-state index is -0.964. The van der Waals surface area contributed by atoms with E-state index in [-0.39, 0.29) is 0 Å². The summed E-state index contributed by atoms with van der Waals surface area (Å²) >= 11 is 5.54. The van der Waals surface area contributed by atoms with Crippen molar-refractivity contribution < 1.29 is 9.53 Å². The zero-order valence-electron chi connectivity index (χ0n) is 10.3. The van der Waals surface area contributed by atoms with Crippen LogP contribution in [0.15, 0.2) is 18.2 Å². The highest BCUT2D eigenvalue weighted by atomic mass is 35.5. The van der Waals surface area contributed by atoms with Crippen LogP contribution < -0.4 is 4.74 Å². The van der Waals surface area contributed by atoms with Crippen LogP contribution >= 0.6 is 11.6 Å². The summed E-state index contributed by atoms with van der Waals surface area (Å²) in [5, 5.41) is -0.467. The molecule has 1 aliphatic carbocycles. The Labute approximate surface area is 107 Å². The highest BCUT2D eigenvalue weighted by Crippen LogP contribution is 2.32. The van der Waals surface area contributed by atoms with Gasteiger partial charge in [0.1, 0.15) is 5.75 Å². The lowest BCUT2D eigenvalue weighted by molar-refractivity contribution is -0.123. The van der Waals surface area contributed by atoms with E-state index in [0.717, 1.165) is 18.6 Å². The van der Waals surface area contributed by atoms with Gasteiger partial charge in [0.15, 0.2) is 5.60 Å². The van der Waals surface area contributed by atoms with Crippen LogP contribution in [0.4, 0.5) is 0 Å². The molecule has 3 heteroatoms. The number of rotatable bonds is 3. The van der Waals surface area contributed by atoms with E-state index in [1.165, 1.54) is 24.0 Å². The maximum Gasteiger partial charge on any atom is 0.264 e. The van der Waals surface area contributed by atoms with Crippen LogP contribution in [0.1, 0.15) is 37.8 Å². The van der Waals surface area contributed by atoms with Crippen molar-refractivity contribution in [3.8, 4) is 5.75 Å². The predicted molar refractivity (Wildman–Crippen MR) is 68.7 cm³/mol. The molecular formula is C14H17ClO2. The second kappa shape index (κ2) is 4.69. The summed E-state index contributed by atoms with van der Waals surface area (Å²) in [6, 6.07) is 6.04. The Hall–Kier alpha value is -1.02. The number of carbonyl (C=O) groups is 1. The normalized spacial score (nSPS) is 15.2. The lowest BCUT2D eigenvalue weighted by atomic mass is 9.91. The van der Waals surface area contributed by atoms with E-state index < -0.39 is 10.8 Å². The fourth-order valence-corrected chi connectivity index (χ4v) is 2.20. The third kappa shape index (κ3) is 2.63. The van der Waals surface area contributed by atoms with Gasteiger partial charge in [-0.25, -0.2) is 0 Å². The first-order valence-electron chi connectivity index (χ1n) is 6.00. The Balaban J connectivity index is 2.30. The first-order valence-corrected chi connectivity index (χ1v) is 6.38. The number of hydrogen-bond acceptors (Lipinski definition) is 2. The van der Waals surface area contributed by atoms with Crippen LogP contribution in [0.25, 0.3) is 0 Å². The van der Waals surface area contributed by atoms with Gasteiger partial charge in [-0.2, -0.15) is 0 Å². The fourth-order valence-electron chi connectivity index (χ4n) is 2.16. The summed E-state index contributed by atoms with van der Waals surface area (Å²) in [6.45, 7) is 3.40. The molecule has 0 spiro atoms. The average Bonchev–Trinajstić information content (AvgIpc) is 2.29. The van der Waals surface area contributed by atoms with Gasteiger partial charge in [0.2, 0.25) is 0 Å². The highest BCUT2D eigenvalue weighted by Gasteiger charge is 2.29. The molecule has 1 aliphatic rings. The zero-order valence-corrected chi connectivity index (χ0v) is 11.0. The van der Waals surface area contributed by atoms with Crippen molar-refractivity contribution in [3.05, 3.63) is 29.3 Å². The van der Waals surface area contributed by atoms with E-state index in [4.69, 9.17) is 16.3 Å². The van der Waals surface area contributed by atoms with Gasteiger partial charge >= 0.3 is 0 Å². The molecule has 1 aromatic carbocycles. The van der Waals surface area contributed by atoms with Crippen LogP contribution in [0.2, 0.25) is 0 Å². The SMILES string of the molecule is CC(C)(Oc1cccc2c1CCCC2)C(=O)Cl. The minimum Gasteiger partial charge on any atom is -0.478 e. The molecule has 0 heterocycles. The third-order valence-corrected chi connectivity index (χ3v) is 3.65. The Morgan fingerprint density at radius 3 is 2.71 bits per heavy atom. The summed E-state index contributed by atoms with van der Waals surface area (Å²) in [6.07, 6.45) is 4.54. The molecule has 0 amide bonds. The van der Waals surface area contributed by atoms with Crippen molar-refractivity contribution in [2.24, 2.45) is 0 Å². The molecule has 0 saturated heterocycles. The molecule has 0 aliphatic heterocycles. The van der Waals surface area contributed by atoms with Gasteiger partial charge in [-0.05, 0) is 68.3 Å². The second-order valence-electron chi connectivity index (χ2n) is 4.99. The molecule has 0 atom stereocenters. The molecule has 92 valence electrons. The molecule has 0 saturated carbocycles. The second-order valence-corrected chi connectivity index (χ2v) is 5.33. The monoisotopic (exact) mass is 252 g/mol. The maximum absolute atomic E-state index is 11.3. The van der Waals surface area contributed by atoms with Gasteiger partial charge in [0, 0.05) is 0 Å². The number of hydrogen-bond donors (Lipinski definition) is 0. The van der Waals surface area contributed by atoms with Crippen LogP contribution in [0, 0.1) is 0 Å². The van der Waals surface area contributed by atoms with Crippen LogP contribution in [0.3, 0.4) is 0 Å². The first-order chi connectivity index (χ1) is 8.00. The third-order valence-electron chi connectivity index (χ3n) is 3.19. The van der Waals surface area contributed by atoms with E-state index in [1.54, 1.807) is 13.8 Å². The minimum absolute atomic E-state index is 0.467. The smallest absolute Gasteiger partial charge is 0.264 e. The van der Waals surface area contributed by atoms with Gasteiger partial charge in [0.05, 0.1) is 0 Å². The molecule has 0 fully saturated rings. The lowest BCUT2D eigenvalue weighted by Crippen LogP contribution is -2.35. The Morgan fingerprint density at radius 1 is 1.29 bits per heavy atom. The van der Waals surface area contributed by atoms with Crippen molar-refractivity contribution in [2.45, 2.75) is 45.1 Å². The van der Waals surface area contributed by atoms with Crippen molar-refractivity contribution in [2.75, 3.05) is 0 Å². The van der Waals surface area contributed by atoms with Gasteiger partial charge < -0.3 is 4.74 Å². The summed E-state index contributed by atoms with van der Waals surface area (Å²) in [7, 11) is 0. The molecule has 0 unspecified atom stereocenters. The number of fused-ring (bicyclic) bond motifs is 1. The molecule has 0 bridgehead atoms. The molecule has 0 radical (unpaired) electrons. The van der Waals surface area contributed by atoms with Gasteiger partial charge in [-0.3, -0.25) is 4.79 Å². The molecule has 2 nitrogen and oxygen atoms in total. The van der Waals surface area contributed by atoms with E-state index in [0.29, 0.717) is 0 Å². The molecule has 0 N–H and O–H groups in total. The standard InChI is InChI=1S/C14H17ClO2/c1-14(2,13(15)16)17-12-9-5-7-10-6-3-4-8-11(10)12/h5,7,9H,3-4,6,8H2,1-2H3. The average molecular weight is 253 g/mol. The largest absolute Gasteiger partial charge is 0.478 e. The van der Waals surface area contributed by atoms with E-state index in [1.807, 2.05) is 12.1 Å². The Morgan fingerprint density at radius 2 is 2.00 bits per heavy atom.